The zero-order valence-corrected chi connectivity index (χ0v) is 17.7. The number of guanidine groups is 1. The Morgan fingerprint density at radius 1 is 1.24 bits per heavy atom. The number of benzene rings is 1. The van der Waals surface area contributed by atoms with Gasteiger partial charge in [0, 0.05) is 25.8 Å². The summed E-state index contributed by atoms with van der Waals surface area (Å²) in [6.45, 7) is 7.68. The number of aryl methyl sites for hydroxylation is 2. The largest absolute Gasteiger partial charge is 0.356 e. The molecule has 0 aliphatic heterocycles. The van der Waals surface area contributed by atoms with Crippen molar-refractivity contribution in [3.8, 4) is 5.69 Å². The molecule has 0 spiro atoms. The first-order valence-electron chi connectivity index (χ1n) is 8.33. The van der Waals surface area contributed by atoms with Crippen LogP contribution in [0.4, 0.5) is 0 Å². The van der Waals surface area contributed by atoms with Gasteiger partial charge in [0.15, 0.2) is 5.96 Å². The number of para-hydroxylation sites is 1. The van der Waals surface area contributed by atoms with Crippen molar-refractivity contribution in [1.82, 2.24) is 20.4 Å². The fourth-order valence-corrected chi connectivity index (χ4v) is 2.58. The van der Waals surface area contributed by atoms with Gasteiger partial charge in [-0.3, -0.25) is 4.99 Å². The van der Waals surface area contributed by atoms with Crippen LogP contribution < -0.4 is 10.6 Å². The molecule has 0 atom stereocenters. The molecule has 136 valence electrons. The molecule has 2 rings (SSSR count). The van der Waals surface area contributed by atoms with Crippen molar-refractivity contribution in [2.75, 3.05) is 13.6 Å². The second-order valence-corrected chi connectivity index (χ2v) is 5.68. The number of rotatable bonds is 6. The zero-order valence-electron chi connectivity index (χ0n) is 15.4. The third-order valence-electron chi connectivity index (χ3n) is 3.74. The molecule has 0 aliphatic rings. The number of hydrogen-bond acceptors (Lipinski definition) is 2. The molecule has 0 bridgehead atoms. The van der Waals surface area contributed by atoms with Gasteiger partial charge in [-0.15, -0.1) is 24.0 Å². The maximum atomic E-state index is 4.59. The van der Waals surface area contributed by atoms with Crippen LogP contribution in [0, 0.1) is 13.8 Å². The summed E-state index contributed by atoms with van der Waals surface area (Å²) in [7, 11) is 1.79. The van der Waals surface area contributed by atoms with Crippen LogP contribution >= 0.6 is 24.0 Å². The molecule has 25 heavy (non-hydrogen) atoms. The second kappa shape index (κ2) is 10.9. The van der Waals surface area contributed by atoms with Crippen LogP contribution in [0.25, 0.3) is 5.69 Å². The molecule has 1 heterocycles. The molecule has 0 radical (unpaired) electrons. The summed E-state index contributed by atoms with van der Waals surface area (Å²) in [4.78, 5) is 4.27. The normalized spacial score (nSPS) is 11.4. The third kappa shape index (κ3) is 6.19. The highest BCUT2D eigenvalue weighted by Crippen LogP contribution is 2.16. The highest BCUT2D eigenvalue weighted by Gasteiger charge is 2.09. The van der Waals surface area contributed by atoms with Gasteiger partial charge in [-0.2, -0.15) is 5.10 Å². The molecule has 2 aromatic rings. The lowest BCUT2D eigenvalue weighted by Gasteiger charge is -2.14. The van der Waals surface area contributed by atoms with Gasteiger partial charge in [-0.1, -0.05) is 30.4 Å². The van der Waals surface area contributed by atoms with Crippen molar-refractivity contribution >= 4 is 29.9 Å². The van der Waals surface area contributed by atoms with E-state index in [0.717, 1.165) is 36.0 Å². The summed E-state index contributed by atoms with van der Waals surface area (Å²) in [6, 6.07) is 10.4. The van der Waals surface area contributed by atoms with E-state index in [4.69, 9.17) is 0 Å². The van der Waals surface area contributed by atoms with Crippen LogP contribution in [0.2, 0.25) is 0 Å². The lowest BCUT2D eigenvalue weighted by molar-refractivity contribution is 0.779. The maximum Gasteiger partial charge on any atom is 0.191 e. The van der Waals surface area contributed by atoms with E-state index in [9.17, 15) is 0 Å². The van der Waals surface area contributed by atoms with E-state index in [1.807, 2.05) is 24.6 Å². The molecule has 1 aromatic heterocycles. The summed E-state index contributed by atoms with van der Waals surface area (Å²) in [5, 5.41) is 11.3. The Balaban J connectivity index is 0.00000312. The SMILES string of the molecule is C/C=C/CCNC(=NC)NCc1ccccc1-n1nc(C)cc1C.I. The minimum Gasteiger partial charge on any atom is -0.356 e. The van der Waals surface area contributed by atoms with Gasteiger partial charge in [-0.05, 0) is 44.9 Å². The van der Waals surface area contributed by atoms with E-state index in [1.165, 1.54) is 5.56 Å². The van der Waals surface area contributed by atoms with Crippen molar-refractivity contribution in [1.29, 1.82) is 0 Å². The van der Waals surface area contributed by atoms with Crippen LogP contribution in [0.5, 0.6) is 0 Å². The van der Waals surface area contributed by atoms with E-state index in [-0.39, 0.29) is 24.0 Å². The molecule has 0 fully saturated rings. The Hall–Kier alpha value is -1.83. The first kappa shape index (κ1) is 21.2. The number of aliphatic imine (C=N–C) groups is 1. The van der Waals surface area contributed by atoms with E-state index in [2.05, 4.69) is 64.1 Å². The van der Waals surface area contributed by atoms with Crippen LogP contribution in [-0.4, -0.2) is 29.3 Å². The Morgan fingerprint density at radius 2 is 2.00 bits per heavy atom. The monoisotopic (exact) mass is 453 g/mol. The number of allylic oxidation sites excluding steroid dienone is 1. The zero-order chi connectivity index (χ0) is 17.4. The topological polar surface area (TPSA) is 54.2 Å². The Labute approximate surface area is 167 Å². The number of hydrogen-bond donors (Lipinski definition) is 2. The van der Waals surface area contributed by atoms with Crippen LogP contribution in [0.15, 0.2) is 47.5 Å². The predicted octanol–water partition coefficient (Wildman–Crippen LogP) is 3.74. The minimum absolute atomic E-state index is 0. The smallest absolute Gasteiger partial charge is 0.191 e. The van der Waals surface area contributed by atoms with E-state index in [0.29, 0.717) is 6.54 Å². The first-order chi connectivity index (χ1) is 11.7. The van der Waals surface area contributed by atoms with Crippen molar-refractivity contribution in [2.45, 2.75) is 33.7 Å². The quantitative estimate of drug-likeness (QED) is 0.230. The molecule has 0 aliphatic carbocycles. The van der Waals surface area contributed by atoms with Gasteiger partial charge in [0.05, 0.1) is 11.4 Å². The van der Waals surface area contributed by atoms with Crippen LogP contribution in [0.3, 0.4) is 0 Å². The fraction of sp³-hybridized carbons (Fsp3) is 0.368. The van der Waals surface area contributed by atoms with Crippen LogP contribution in [-0.2, 0) is 6.54 Å². The van der Waals surface area contributed by atoms with Gasteiger partial charge >= 0.3 is 0 Å². The van der Waals surface area contributed by atoms with Crippen molar-refractivity contribution in [3.63, 3.8) is 0 Å². The van der Waals surface area contributed by atoms with Crippen LogP contribution in [0.1, 0.15) is 30.3 Å². The maximum absolute atomic E-state index is 4.59. The average Bonchev–Trinajstić information content (AvgIpc) is 2.93. The molecule has 5 nitrogen and oxygen atoms in total. The Morgan fingerprint density at radius 3 is 2.64 bits per heavy atom. The molecule has 2 N–H and O–H groups in total. The average molecular weight is 453 g/mol. The summed E-state index contributed by atoms with van der Waals surface area (Å²) >= 11 is 0. The van der Waals surface area contributed by atoms with E-state index >= 15 is 0 Å². The van der Waals surface area contributed by atoms with E-state index < -0.39 is 0 Å². The highest BCUT2D eigenvalue weighted by atomic mass is 127. The second-order valence-electron chi connectivity index (χ2n) is 5.68. The number of halogens is 1. The Kier molecular flexibility index (Phi) is 9.26. The molecule has 0 amide bonds. The molecule has 0 saturated carbocycles. The van der Waals surface area contributed by atoms with Gasteiger partial charge in [0.2, 0.25) is 0 Å². The van der Waals surface area contributed by atoms with Gasteiger partial charge < -0.3 is 10.6 Å². The third-order valence-corrected chi connectivity index (χ3v) is 3.74. The number of nitrogens with one attached hydrogen (secondary N) is 2. The van der Waals surface area contributed by atoms with Gasteiger partial charge in [-0.25, -0.2) is 4.68 Å². The summed E-state index contributed by atoms with van der Waals surface area (Å²) in [5.74, 6) is 0.808. The van der Waals surface area contributed by atoms with Crippen molar-refractivity contribution in [3.05, 3.63) is 59.4 Å². The van der Waals surface area contributed by atoms with Gasteiger partial charge in [0.1, 0.15) is 0 Å². The minimum atomic E-state index is 0. The molecular weight excluding hydrogens is 425 g/mol. The van der Waals surface area contributed by atoms with Gasteiger partial charge in [0.25, 0.3) is 0 Å². The molecule has 1 aromatic carbocycles. The fourth-order valence-electron chi connectivity index (χ4n) is 2.58. The summed E-state index contributed by atoms with van der Waals surface area (Å²) in [6.07, 6.45) is 5.18. The molecular formula is C19H28IN5. The molecule has 0 unspecified atom stereocenters. The number of nitrogens with zero attached hydrogens (tertiary/aromatic N) is 3. The Bertz CT molecular complexity index is 718. The standard InChI is InChI=1S/C19H27N5.HI/c1-5-6-9-12-21-19(20-4)22-14-17-10-7-8-11-18(17)24-16(3)13-15(2)23-24;/h5-8,10-11,13H,9,12,14H2,1-4H3,(H2,20,21,22);1H/b6-5+;. The lowest BCUT2D eigenvalue weighted by Crippen LogP contribution is -2.37. The number of aromatic nitrogens is 2. The first-order valence-corrected chi connectivity index (χ1v) is 8.33. The molecule has 0 saturated heterocycles. The van der Waals surface area contributed by atoms with E-state index in [1.54, 1.807) is 7.05 Å². The highest BCUT2D eigenvalue weighted by molar-refractivity contribution is 14.0. The van der Waals surface area contributed by atoms with Crippen molar-refractivity contribution < 1.29 is 0 Å². The summed E-state index contributed by atoms with van der Waals surface area (Å²) in [5.41, 5.74) is 4.44. The lowest BCUT2D eigenvalue weighted by atomic mass is 10.1. The predicted molar refractivity (Wildman–Crippen MR) is 116 cm³/mol. The summed E-state index contributed by atoms with van der Waals surface area (Å²) < 4.78 is 1.99. The van der Waals surface area contributed by atoms with Crippen molar-refractivity contribution in [2.24, 2.45) is 4.99 Å². The molecule has 6 heteroatoms.